The molecular weight excluding hydrogens is 232 g/mol. The van der Waals surface area contributed by atoms with Crippen molar-refractivity contribution >= 4 is 22.6 Å². The number of alkyl halides is 1. The summed E-state index contributed by atoms with van der Waals surface area (Å²) in [5.74, 6) is 1.63. The third-order valence-electron chi connectivity index (χ3n) is 3.70. The predicted octanol–water partition coefficient (Wildman–Crippen LogP) is 5.01. The molecule has 0 amide bonds. The molecule has 0 radical (unpaired) electrons. The molecule has 0 aliphatic heterocycles. The molecule has 1 fully saturated rings. The fourth-order valence-corrected chi connectivity index (χ4v) is 3.14. The van der Waals surface area contributed by atoms with E-state index in [0.717, 1.165) is 24.2 Å². The summed E-state index contributed by atoms with van der Waals surface area (Å²) in [5, 5.41) is 1.54. The number of rotatable bonds is 1. The average molecular weight is 249 g/mol. The molecule has 2 aromatic rings. The van der Waals surface area contributed by atoms with Crippen molar-refractivity contribution in [2.75, 3.05) is 0 Å². The van der Waals surface area contributed by atoms with Gasteiger partial charge >= 0.3 is 0 Å². The van der Waals surface area contributed by atoms with Crippen molar-refractivity contribution in [1.82, 2.24) is 0 Å². The molecule has 1 aromatic carbocycles. The number of fused-ring (bicyclic) bond motifs is 1. The first-order valence-corrected chi connectivity index (χ1v) is 6.80. The molecule has 17 heavy (non-hydrogen) atoms. The van der Waals surface area contributed by atoms with Gasteiger partial charge < -0.3 is 4.42 Å². The van der Waals surface area contributed by atoms with E-state index in [-0.39, 0.29) is 0 Å². The minimum absolute atomic E-state index is 0.323. The van der Waals surface area contributed by atoms with E-state index in [0.29, 0.717) is 11.3 Å². The van der Waals surface area contributed by atoms with Gasteiger partial charge in [-0.05, 0) is 44.4 Å². The van der Waals surface area contributed by atoms with Crippen molar-refractivity contribution < 1.29 is 4.42 Å². The molecule has 1 aliphatic carbocycles. The molecule has 3 rings (SSSR count). The van der Waals surface area contributed by atoms with Crippen molar-refractivity contribution in [2.45, 2.75) is 43.9 Å². The van der Waals surface area contributed by atoms with Crippen molar-refractivity contribution in [3.8, 4) is 0 Å². The summed E-state index contributed by atoms with van der Waals surface area (Å²) >= 11 is 6.24. The maximum atomic E-state index is 6.24. The number of hydrogen-bond donors (Lipinski definition) is 0. The van der Waals surface area contributed by atoms with Crippen LogP contribution in [-0.4, -0.2) is 5.38 Å². The molecule has 0 saturated heterocycles. The second kappa shape index (κ2) is 4.38. The van der Waals surface area contributed by atoms with Crippen molar-refractivity contribution in [1.29, 1.82) is 0 Å². The largest absolute Gasteiger partial charge is 0.461 e. The van der Waals surface area contributed by atoms with Gasteiger partial charge in [-0.1, -0.05) is 18.1 Å². The number of furan rings is 1. The topological polar surface area (TPSA) is 13.1 Å². The Bertz CT molecular complexity index is 529. The molecule has 90 valence electrons. The zero-order valence-electron chi connectivity index (χ0n) is 10.1. The number of halogens is 1. The predicted molar refractivity (Wildman–Crippen MR) is 71.8 cm³/mol. The fraction of sp³-hybridized carbons (Fsp3) is 0.467. The van der Waals surface area contributed by atoms with Gasteiger partial charge in [-0.25, -0.2) is 0 Å². The van der Waals surface area contributed by atoms with Gasteiger partial charge in [-0.2, -0.15) is 0 Å². The minimum atomic E-state index is 0.323. The second-order valence-electron chi connectivity index (χ2n) is 5.15. The first-order valence-electron chi connectivity index (χ1n) is 6.36. The molecule has 1 nitrogen and oxygen atoms in total. The molecule has 2 atom stereocenters. The third kappa shape index (κ3) is 2.21. The van der Waals surface area contributed by atoms with Gasteiger partial charge in [-0.3, -0.25) is 0 Å². The Labute approximate surface area is 107 Å². The van der Waals surface area contributed by atoms with E-state index >= 15 is 0 Å². The molecule has 2 unspecified atom stereocenters. The standard InChI is InChI=1S/C15H17ClO/c1-10-5-6-14-12(7-10)9-15(17-14)11-3-2-4-13(16)8-11/h5-7,9,11,13H,2-4,8H2,1H3. The van der Waals surface area contributed by atoms with Gasteiger partial charge in [0.05, 0.1) is 0 Å². The van der Waals surface area contributed by atoms with Gasteiger partial charge in [0.15, 0.2) is 0 Å². The Kier molecular flexibility index (Phi) is 2.87. The molecule has 2 heteroatoms. The lowest BCUT2D eigenvalue weighted by atomic mass is 9.87. The Balaban J connectivity index is 1.94. The van der Waals surface area contributed by atoms with Crippen LogP contribution in [0, 0.1) is 6.92 Å². The average Bonchev–Trinajstić information content (AvgIpc) is 2.72. The Morgan fingerprint density at radius 1 is 1.24 bits per heavy atom. The maximum Gasteiger partial charge on any atom is 0.134 e. The monoisotopic (exact) mass is 248 g/mol. The minimum Gasteiger partial charge on any atom is -0.461 e. The Morgan fingerprint density at radius 2 is 2.12 bits per heavy atom. The van der Waals surface area contributed by atoms with Crippen LogP contribution in [-0.2, 0) is 0 Å². The van der Waals surface area contributed by atoms with Crippen molar-refractivity contribution in [3.63, 3.8) is 0 Å². The van der Waals surface area contributed by atoms with E-state index in [4.69, 9.17) is 16.0 Å². The second-order valence-corrected chi connectivity index (χ2v) is 5.77. The summed E-state index contributed by atoms with van der Waals surface area (Å²) in [6.07, 6.45) is 4.63. The number of aryl methyl sites for hydroxylation is 1. The zero-order chi connectivity index (χ0) is 11.8. The summed E-state index contributed by atoms with van der Waals surface area (Å²) < 4.78 is 5.95. The number of hydrogen-bond acceptors (Lipinski definition) is 1. The van der Waals surface area contributed by atoms with Crippen molar-refractivity contribution in [3.05, 3.63) is 35.6 Å². The van der Waals surface area contributed by atoms with Crippen LogP contribution in [0.2, 0.25) is 0 Å². The van der Waals surface area contributed by atoms with Gasteiger partial charge in [0, 0.05) is 16.7 Å². The summed E-state index contributed by atoms with van der Waals surface area (Å²) in [5.41, 5.74) is 2.28. The van der Waals surface area contributed by atoms with Gasteiger partial charge in [0.2, 0.25) is 0 Å². The van der Waals surface area contributed by atoms with E-state index in [1.807, 2.05) is 0 Å². The van der Waals surface area contributed by atoms with E-state index in [2.05, 4.69) is 31.2 Å². The van der Waals surface area contributed by atoms with Crippen LogP contribution in [0.1, 0.15) is 42.9 Å². The highest BCUT2D eigenvalue weighted by atomic mass is 35.5. The molecule has 1 saturated carbocycles. The highest BCUT2D eigenvalue weighted by Crippen LogP contribution is 2.37. The van der Waals surface area contributed by atoms with E-state index < -0.39 is 0 Å². The third-order valence-corrected chi connectivity index (χ3v) is 4.10. The maximum absolute atomic E-state index is 6.24. The van der Waals surface area contributed by atoms with Crippen LogP contribution in [0.4, 0.5) is 0 Å². The molecule has 1 aliphatic rings. The number of benzene rings is 1. The van der Waals surface area contributed by atoms with E-state index in [1.54, 1.807) is 0 Å². The first kappa shape index (κ1) is 11.2. The molecular formula is C15H17ClO. The lowest BCUT2D eigenvalue weighted by Gasteiger charge is -2.23. The lowest BCUT2D eigenvalue weighted by Crippen LogP contribution is -2.13. The summed E-state index contributed by atoms with van der Waals surface area (Å²) in [6.45, 7) is 2.11. The van der Waals surface area contributed by atoms with Gasteiger partial charge in [0.1, 0.15) is 11.3 Å². The van der Waals surface area contributed by atoms with Crippen LogP contribution in [0.15, 0.2) is 28.7 Å². The van der Waals surface area contributed by atoms with Crippen LogP contribution in [0.25, 0.3) is 11.0 Å². The molecule has 1 aromatic heterocycles. The van der Waals surface area contributed by atoms with Crippen molar-refractivity contribution in [2.24, 2.45) is 0 Å². The quantitative estimate of drug-likeness (QED) is 0.647. The Morgan fingerprint density at radius 3 is 2.94 bits per heavy atom. The van der Waals surface area contributed by atoms with Crippen LogP contribution < -0.4 is 0 Å². The highest BCUT2D eigenvalue weighted by Gasteiger charge is 2.24. The molecule has 0 N–H and O–H groups in total. The Hall–Kier alpha value is -0.950. The van der Waals surface area contributed by atoms with E-state index in [1.165, 1.54) is 23.8 Å². The van der Waals surface area contributed by atoms with Gasteiger partial charge in [-0.15, -0.1) is 11.6 Å². The summed E-state index contributed by atoms with van der Waals surface area (Å²) in [6, 6.07) is 8.54. The zero-order valence-corrected chi connectivity index (χ0v) is 10.8. The van der Waals surface area contributed by atoms with Gasteiger partial charge in [0.25, 0.3) is 0 Å². The van der Waals surface area contributed by atoms with Crippen LogP contribution in [0.5, 0.6) is 0 Å². The van der Waals surface area contributed by atoms with Crippen LogP contribution in [0.3, 0.4) is 0 Å². The summed E-state index contributed by atoms with van der Waals surface area (Å²) in [4.78, 5) is 0. The van der Waals surface area contributed by atoms with Crippen LogP contribution >= 0.6 is 11.6 Å². The lowest BCUT2D eigenvalue weighted by molar-refractivity contribution is 0.389. The highest BCUT2D eigenvalue weighted by molar-refractivity contribution is 6.20. The van der Waals surface area contributed by atoms with E-state index in [9.17, 15) is 0 Å². The molecule has 0 spiro atoms. The first-order chi connectivity index (χ1) is 8.22. The SMILES string of the molecule is Cc1ccc2oc(C3CCCC(Cl)C3)cc2c1. The fourth-order valence-electron chi connectivity index (χ4n) is 2.77. The normalized spacial score (nSPS) is 25.3. The molecule has 0 bridgehead atoms. The summed E-state index contributed by atoms with van der Waals surface area (Å²) in [7, 11) is 0. The smallest absolute Gasteiger partial charge is 0.134 e. The molecule has 1 heterocycles.